The highest BCUT2D eigenvalue weighted by Gasteiger charge is 2.23. The molecule has 2 aliphatic rings. The average molecular weight is 425 g/mol. The molecule has 2 aromatic rings. The molecule has 2 saturated carbocycles. The van der Waals surface area contributed by atoms with Gasteiger partial charge in [0.15, 0.2) is 5.16 Å². The summed E-state index contributed by atoms with van der Waals surface area (Å²) in [4.78, 5) is 24.1. The van der Waals surface area contributed by atoms with Crippen LogP contribution in [0.5, 0.6) is 0 Å². The third-order valence-electron chi connectivity index (χ3n) is 6.09. The van der Waals surface area contributed by atoms with E-state index in [1.807, 2.05) is 24.3 Å². The Morgan fingerprint density at radius 1 is 1.10 bits per heavy atom. The van der Waals surface area contributed by atoms with Crippen molar-refractivity contribution < 1.29 is 4.79 Å². The lowest BCUT2D eigenvalue weighted by Crippen LogP contribution is -2.34. The smallest absolute Gasteiger partial charge is 0.251 e. The van der Waals surface area contributed by atoms with Crippen molar-refractivity contribution in [2.24, 2.45) is 0 Å². The number of rotatable bonds is 8. The van der Waals surface area contributed by atoms with E-state index in [1.165, 1.54) is 37.7 Å². The number of carbonyl (C=O) groups is 1. The molecule has 0 radical (unpaired) electrons. The molecule has 2 aliphatic carbocycles. The molecule has 0 unspecified atom stereocenters. The summed E-state index contributed by atoms with van der Waals surface area (Å²) in [5, 5.41) is 3.87. The van der Waals surface area contributed by atoms with Crippen molar-refractivity contribution in [1.29, 1.82) is 0 Å². The van der Waals surface area contributed by atoms with E-state index >= 15 is 0 Å². The van der Waals surface area contributed by atoms with Crippen LogP contribution in [0.2, 0.25) is 0 Å². The molecule has 1 aromatic heterocycles. The number of amides is 1. The standard InChI is InChI=1S/C24H32N4OS/c1-3-19-15-22(28(2)21-7-5-4-6-8-21)27-24(26-19)30-16-17-9-11-18(12-10-17)23(29)25-20-13-14-20/h9-12,15,20-21H,3-8,13-14,16H2,1-2H3,(H,25,29). The van der Waals surface area contributed by atoms with Gasteiger partial charge in [-0.15, -0.1) is 0 Å². The number of aromatic nitrogens is 2. The number of nitrogens with zero attached hydrogens (tertiary/aromatic N) is 3. The van der Waals surface area contributed by atoms with Gasteiger partial charge in [0.05, 0.1) is 0 Å². The van der Waals surface area contributed by atoms with Gasteiger partial charge in [0.1, 0.15) is 5.82 Å². The van der Waals surface area contributed by atoms with Crippen LogP contribution in [0.1, 0.15) is 73.5 Å². The van der Waals surface area contributed by atoms with Crippen molar-refractivity contribution in [2.75, 3.05) is 11.9 Å². The van der Waals surface area contributed by atoms with Crippen LogP contribution in [0.25, 0.3) is 0 Å². The summed E-state index contributed by atoms with van der Waals surface area (Å²) in [7, 11) is 2.18. The summed E-state index contributed by atoms with van der Waals surface area (Å²) in [5.41, 5.74) is 3.00. The van der Waals surface area contributed by atoms with E-state index in [9.17, 15) is 4.79 Å². The highest BCUT2D eigenvalue weighted by atomic mass is 32.2. The van der Waals surface area contributed by atoms with Crippen LogP contribution < -0.4 is 10.2 Å². The van der Waals surface area contributed by atoms with Gasteiger partial charge in [0.25, 0.3) is 5.91 Å². The SMILES string of the molecule is CCc1cc(N(C)C2CCCCC2)nc(SCc2ccc(C(=O)NC3CC3)cc2)n1. The Labute approximate surface area is 184 Å². The Hall–Kier alpha value is -2.08. The Bertz CT molecular complexity index is 860. The van der Waals surface area contributed by atoms with E-state index in [0.717, 1.165) is 47.2 Å². The van der Waals surface area contributed by atoms with Crippen LogP contribution >= 0.6 is 11.8 Å². The van der Waals surface area contributed by atoms with E-state index in [0.29, 0.717) is 12.1 Å². The third kappa shape index (κ3) is 5.54. The minimum atomic E-state index is 0.0334. The van der Waals surface area contributed by atoms with Gasteiger partial charge >= 0.3 is 0 Å². The molecule has 0 saturated heterocycles. The van der Waals surface area contributed by atoms with Gasteiger partial charge < -0.3 is 10.2 Å². The minimum absolute atomic E-state index is 0.0334. The Kier molecular flexibility index (Phi) is 6.93. The van der Waals surface area contributed by atoms with E-state index in [4.69, 9.17) is 9.97 Å². The van der Waals surface area contributed by atoms with Crippen molar-refractivity contribution in [3.63, 3.8) is 0 Å². The first-order valence-electron chi connectivity index (χ1n) is 11.3. The highest BCUT2D eigenvalue weighted by molar-refractivity contribution is 7.98. The lowest BCUT2D eigenvalue weighted by Gasteiger charge is -2.32. The van der Waals surface area contributed by atoms with Gasteiger partial charge in [-0.25, -0.2) is 9.97 Å². The lowest BCUT2D eigenvalue weighted by molar-refractivity contribution is 0.0951. The number of thioether (sulfide) groups is 1. The largest absolute Gasteiger partial charge is 0.357 e. The highest BCUT2D eigenvalue weighted by Crippen LogP contribution is 2.28. The fourth-order valence-corrected chi connectivity index (χ4v) is 4.77. The summed E-state index contributed by atoms with van der Waals surface area (Å²) >= 11 is 1.67. The fraction of sp³-hybridized carbons (Fsp3) is 0.542. The molecule has 30 heavy (non-hydrogen) atoms. The van der Waals surface area contributed by atoms with E-state index < -0.39 is 0 Å². The van der Waals surface area contributed by atoms with Crippen LogP contribution in [0.4, 0.5) is 5.82 Å². The Morgan fingerprint density at radius 3 is 2.50 bits per heavy atom. The Balaban J connectivity index is 1.40. The normalized spacial score (nSPS) is 17.0. The molecule has 0 atom stereocenters. The van der Waals surface area contributed by atoms with Crippen LogP contribution in [0.3, 0.4) is 0 Å². The van der Waals surface area contributed by atoms with E-state index in [1.54, 1.807) is 11.8 Å². The molecule has 0 aliphatic heterocycles. The van der Waals surface area contributed by atoms with Crippen LogP contribution in [0.15, 0.2) is 35.5 Å². The zero-order valence-corrected chi connectivity index (χ0v) is 18.9. The molecule has 1 aromatic carbocycles. The minimum Gasteiger partial charge on any atom is -0.357 e. The summed E-state index contributed by atoms with van der Waals surface area (Å²) in [5.74, 6) is 1.87. The van der Waals surface area contributed by atoms with Gasteiger partial charge in [-0.1, -0.05) is 50.1 Å². The van der Waals surface area contributed by atoms with Gasteiger partial charge in [-0.3, -0.25) is 4.79 Å². The first kappa shape index (κ1) is 21.2. The monoisotopic (exact) mass is 424 g/mol. The molecule has 160 valence electrons. The van der Waals surface area contributed by atoms with Gasteiger partial charge in [-0.2, -0.15) is 0 Å². The topological polar surface area (TPSA) is 58.1 Å². The molecule has 1 amide bonds. The van der Waals surface area contributed by atoms with Crippen LogP contribution in [-0.4, -0.2) is 35.0 Å². The molecular formula is C24H32N4OS. The quantitative estimate of drug-likeness (QED) is 0.478. The van der Waals surface area contributed by atoms with E-state index in [-0.39, 0.29) is 5.91 Å². The number of aryl methyl sites for hydroxylation is 1. The predicted octanol–water partition coefficient (Wildman–Crippen LogP) is 4.99. The maximum Gasteiger partial charge on any atom is 0.251 e. The van der Waals surface area contributed by atoms with Crippen molar-refractivity contribution in [1.82, 2.24) is 15.3 Å². The first-order valence-corrected chi connectivity index (χ1v) is 12.2. The number of nitrogens with one attached hydrogen (secondary N) is 1. The third-order valence-corrected chi connectivity index (χ3v) is 7.01. The van der Waals surface area contributed by atoms with Crippen molar-refractivity contribution in [3.8, 4) is 0 Å². The molecule has 1 N–H and O–H groups in total. The predicted molar refractivity (Wildman–Crippen MR) is 123 cm³/mol. The first-order chi connectivity index (χ1) is 14.6. The molecule has 0 spiro atoms. The molecule has 6 heteroatoms. The molecule has 5 nitrogen and oxygen atoms in total. The zero-order chi connectivity index (χ0) is 20.9. The van der Waals surface area contributed by atoms with Gasteiger partial charge in [0, 0.05) is 42.2 Å². The molecule has 1 heterocycles. The average Bonchev–Trinajstić information content (AvgIpc) is 3.62. The van der Waals surface area contributed by atoms with Crippen molar-refractivity contribution >= 4 is 23.5 Å². The molecule has 4 rings (SSSR count). The second kappa shape index (κ2) is 9.82. The summed E-state index contributed by atoms with van der Waals surface area (Å²) in [6, 6.07) is 11.0. The maximum absolute atomic E-state index is 12.1. The summed E-state index contributed by atoms with van der Waals surface area (Å²) in [6.07, 6.45) is 9.62. The zero-order valence-electron chi connectivity index (χ0n) is 18.1. The van der Waals surface area contributed by atoms with Gasteiger partial charge in [0.2, 0.25) is 0 Å². The second-order valence-electron chi connectivity index (χ2n) is 8.49. The molecule has 0 bridgehead atoms. The number of hydrogen-bond donors (Lipinski definition) is 1. The fourth-order valence-electron chi connectivity index (χ4n) is 3.94. The summed E-state index contributed by atoms with van der Waals surface area (Å²) in [6.45, 7) is 2.15. The molecular weight excluding hydrogens is 392 g/mol. The number of benzene rings is 1. The molecule has 2 fully saturated rings. The second-order valence-corrected chi connectivity index (χ2v) is 9.43. The Morgan fingerprint density at radius 2 is 1.83 bits per heavy atom. The van der Waals surface area contributed by atoms with Crippen molar-refractivity contribution in [2.45, 2.75) is 81.3 Å². The lowest BCUT2D eigenvalue weighted by atomic mass is 9.94. The van der Waals surface area contributed by atoms with E-state index in [2.05, 4.69) is 30.3 Å². The maximum atomic E-state index is 12.1. The number of carbonyl (C=O) groups excluding carboxylic acids is 1. The number of anilines is 1. The van der Waals surface area contributed by atoms with Crippen LogP contribution in [-0.2, 0) is 12.2 Å². The number of hydrogen-bond acceptors (Lipinski definition) is 5. The van der Waals surface area contributed by atoms with Crippen LogP contribution in [0, 0.1) is 0 Å². The van der Waals surface area contributed by atoms with Gasteiger partial charge in [-0.05, 0) is 49.8 Å². The van der Waals surface area contributed by atoms with Crippen molar-refractivity contribution in [3.05, 3.63) is 47.2 Å². The summed E-state index contributed by atoms with van der Waals surface area (Å²) < 4.78 is 0.